The Kier molecular flexibility index (Phi) is 6.35. The average molecular weight is 318 g/mol. The molecule has 23 heavy (non-hydrogen) atoms. The van der Waals surface area contributed by atoms with Crippen molar-refractivity contribution in [1.29, 1.82) is 0 Å². The van der Waals surface area contributed by atoms with Gasteiger partial charge in [0.05, 0.1) is 13.0 Å². The van der Waals surface area contributed by atoms with Crippen LogP contribution in [0.3, 0.4) is 0 Å². The van der Waals surface area contributed by atoms with Gasteiger partial charge in [-0.2, -0.15) is 0 Å². The lowest BCUT2D eigenvalue weighted by atomic mass is 9.97. The molecule has 0 atom stereocenters. The first-order valence-electron chi connectivity index (χ1n) is 7.23. The Morgan fingerprint density at radius 2 is 1.87 bits per heavy atom. The van der Waals surface area contributed by atoms with E-state index in [1.165, 1.54) is 0 Å². The number of carboxylic acid groups (broad SMARTS) is 1. The maximum absolute atomic E-state index is 11.6. The first-order valence-corrected chi connectivity index (χ1v) is 7.23. The molecule has 124 valence electrons. The zero-order valence-electron chi connectivity index (χ0n) is 13.9. The SMILES string of the molecule is C#Cc1cc(COCC(=O)OC(C)(C)C)c(C)c(CC(=O)O)c1. The number of carbonyl (C=O) groups is 2. The third kappa shape index (κ3) is 6.54. The fourth-order valence-corrected chi connectivity index (χ4v) is 2.03. The van der Waals surface area contributed by atoms with E-state index in [2.05, 4.69) is 5.92 Å². The summed E-state index contributed by atoms with van der Waals surface area (Å²) >= 11 is 0. The summed E-state index contributed by atoms with van der Waals surface area (Å²) in [6, 6.07) is 3.44. The second kappa shape index (κ2) is 7.80. The minimum Gasteiger partial charge on any atom is -0.481 e. The van der Waals surface area contributed by atoms with Gasteiger partial charge in [-0.3, -0.25) is 4.79 Å². The van der Waals surface area contributed by atoms with Gasteiger partial charge in [-0.05, 0) is 56.5 Å². The number of esters is 1. The number of terminal acetylenes is 1. The van der Waals surface area contributed by atoms with Crippen molar-refractivity contribution in [2.24, 2.45) is 0 Å². The van der Waals surface area contributed by atoms with Crippen molar-refractivity contribution in [3.05, 3.63) is 34.4 Å². The Balaban J connectivity index is 2.78. The van der Waals surface area contributed by atoms with Crippen molar-refractivity contribution in [2.45, 2.75) is 46.3 Å². The van der Waals surface area contributed by atoms with Gasteiger partial charge in [-0.25, -0.2) is 4.79 Å². The summed E-state index contributed by atoms with van der Waals surface area (Å²) in [6.07, 6.45) is 5.29. The molecule has 0 spiro atoms. The molecule has 0 radical (unpaired) electrons. The fourth-order valence-electron chi connectivity index (χ4n) is 2.03. The Hall–Kier alpha value is -2.32. The summed E-state index contributed by atoms with van der Waals surface area (Å²) in [5.74, 6) is 1.12. The Morgan fingerprint density at radius 1 is 1.26 bits per heavy atom. The molecular weight excluding hydrogens is 296 g/mol. The summed E-state index contributed by atoms with van der Waals surface area (Å²) in [4.78, 5) is 22.5. The summed E-state index contributed by atoms with van der Waals surface area (Å²) in [7, 11) is 0. The highest BCUT2D eigenvalue weighted by atomic mass is 16.6. The van der Waals surface area contributed by atoms with Crippen LogP contribution in [-0.2, 0) is 32.1 Å². The van der Waals surface area contributed by atoms with Gasteiger partial charge in [0.15, 0.2) is 0 Å². The Bertz CT molecular complexity index is 632. The molecule has 0 saturated heterocycles. The van der Waals surface area contributed by atoms with Crippen LogP contribution in [0.1, 0.15) is 43.0 Å². The molecule has 0 fully saturated rings. The van der Waals surface area contributed by atoms with Gasteiger partial charge in [0.25, 0.3) is 0 Å². The first-order chi connectivity index (χ1) is 10.6. The van der Waals surface area contributed by atoms with Crippen LogP contribution < -0.4 is 0 Å². The van der Waals surface area contributed by atoms with Crippen LogP contribution in [0.4, 0.5) is 0 Å². The highest BCUT2D eigenvalue weighted by Crippen LogP contribution is 2.19. The van der Waals surface area contributed by atoms with Crippen LogP contribution in [0.2, 0.25) is 0 Å². The maximum atomic E-state index is 11.6. The molecule has 0 aliphatic carbocycles. The van der Waals surface area contributed by atoms with Crippen molar-refractivity contribution >= 4 is 11.9 Å². The normalized spacial score (nSPS) is 10.9. The second-order valence-electron chi connectivity index (χ2n) is 6.21. The Labute approximate surface area is 136 Å². The summed E-state index contributed by atoms with van der Waals surface area (Å²) < 4.78 is 10.5. The molecule has 5 nitrogen and oxygen atoms in total. The van der Waals surface area contributed by atoms with Gasteiger partial charge in [0, 0.05) is 5.56 Å². The van der Waals surface area contributed by atoms with Crippen LogP contribution in [0.15, 0.2) is 12.1 Å². The zero-order chi connectivity index (χ0) is 17.6. The quantitative estimate of drug-likeness (QED) is 0.644. The average Bonchev–Trinajstić information content (AvgIpc) is 2.40. The molecule has 0 saturated carbocycles. The summed E-state index contributed by atoms with van der Waals surface area (Å²) in [6.45, 7) is 7.14. The van der Waals surface area contributed by atoms with E-state index in [1.54, 1.807) is 32.9 Å². The minimum absolute atomic E-state index is 0.111. The van der Waals surface area contributed by atoms with E-state index in [4.69, 9.17) is 21.0 Å². The number of carboxylic acids is 1. The molecule has 0 unspecified atom stereocenters. The van der Waals surface area contributed by atoms with Crippen LogP contribution in [0.5, 0.6) is 0 Å². The van der Waals surface area contributed by atoms with E-state index in [-0.39, 0.29) is 19.6 Å². The maximum Gasteiger partial charge on any atom is 0.332 e. The number of hydrogen-bond donors (Lipinski definition) is 1. The number of hydrogen-bond acceptors (Lipinski definition) is 4. The monoisotopic (exact) mass is 318 g/mol. The van der Waals surface area contributed by atoms with Gasteiger partial charge in [-0.1, -0.05) is 5.92 Å². The minimum atomic E-state index is -0.928. The van der Waals surface area contributed by atoms with Crippen molar-refractivity contribution in [1.82, 2.24) is 0 Å². The van der Waals surface area contributed by atoms with E-state index in [0.29, 0.717) is 11.1 Å². The highest BCUT2D eigenvalue weighted by Gasteiger charge is 2.16. The third-order valence-corrected chi connectivity index (χ3v) is 3.03. The Morgan fingerprint density at radius 3 is 2.39 bits per heavy atom. The van der Waals surface area contributed by atoms with E-state index in [1.807, 2.05) is 6.92 Å². The molecule has 1 aromatic rings. The topological polar surface area (TPSA) is 72.8 Å². The molecule has 0 heterocycles. The van der Waals surface area contributed by atoms with Crippen LogP contribution in [0, 0.1) is 19.3 Å². The van der Waals surface area contributed by atoms with Crippen molar-refractivity contribution in [3.63, 3.8) is 0 Å². The molecule has 1 N–H and O–H groups in total. The van der Waals surface area contributed by atoms with Gasteiger partial charge >= 0.3 is 11.9 Å². The van der Waals surface area contributed by atoms with E-state index < -0.39 is 17.5 Å². The highest BCUT2D eigenvalue weighted by molar-refractivity contribution is 5.72. The second-order valence-corrected chi connectivity index (χ2v) is 6.21. The van der Waals surface area contributed by atoms with E-state index >= 15 is 0 Å². The summed E-state index contributed by atoms with van der Waals surface area (Å²) in [5.41, 5.74) is 2.23. The standard InChI is InChI=1S/C18H22O5/c1-6-13-7-14(9-16(19)20)12(2)15(8-13)10-22-11-17(21)23-18(3,4)5/h1,7-8H,9-11H2,2-5H3,(H,19,20). The zero-order valence-corrected chi connectivity index (χ0v) is 13.9. The lowest BCUT2D eigenvalue weighted by molar-refractivity contribution is -0.160. The number of rotatable bonds is 6. The van der Waals surface area contributed by atoms with Crippen LogP contribution >= 0.6 is 0 Å². The molecule has 0 aromatic heterocycles. The predicted octanol–water partition coefficient (Wildman–Crippen LogP) is 2.46. The van der Waals surface area contributed by atoms with Crippen LogP contribution in [-0.4, -0.2) is 29.3 Å². The van der Waals surface area contributed by atoms with E-state index in [0.717, 1.165) is 11.1 Å². The van der Waals surface area contributed by atoms with E-state index in [9.17, 15) is 9.59 Å². The molecule has 1 aromatic carbocycles. The predicted molar refractivity (Wildman–Crippen MR) is 86.0 cm³/mol. The smallest absolute Gasteiger partial charge is 0.332 e. The number of benzene rings is 1. The molecule has 0 aliphatic heterocycles. The molecule has 0 amide bonds. The van der Waals surface area contributed by atoms with Gasteiger partial charge in [-0.15, -0.1) is 6.42 Å². The third-order valence-electron chi connectivity index (χ3n) is 3.03. The van der Waals surface area contributed by atoms with Gasteiger partial charge in [0.2, 0.25) is 0 Å². The summed E-state index contributed by atoms with van der Waals surface area (Å²) in [5, 5.41) is 8.96. The van der Waals surface area contributed by atoms with Gasteiger partial charge in [0.1, 0.15) is 12.2 Å². The first kappa shape index (κ1) is 18.7. The molecule has 0 aliphatic rings. The number of ether oxygens (including phenoxy) is 2. The number of aliphatic carboxylic acids is 1. The molecule has 1 rings (SSSR count). The van der Waals surface area contributed by atoms with Crippen molar-refractivity contribution in [3.8, 4) is 12.3 Å². The molecular formula is C18H22O5. The lowest BCUT2D eigenvalue weighted by Crippen LogP contribution is -2.26. The largest absolute Gasteiger partial charge is 0.481 e. The lowest BCUT2D eigenvalue weighted by Gasteiger charge is -2.19. The van der Waals surface area contributed by atoms with Crippen molar-refractivity contribution in [2.75, 3.05) is 6.61 Å². The molecule has 0 bridgehead atoms. The van der Waals surface area contributed by atoms with Gasteiger partial charge < -0.3 is 14.6 Å². The van der Waals surface area contributed by atoms with Crippen LogP contribution in [0.25, 0.3) is 0 Å². The number of carbonyl (C=O) groups excluding carboxylic acids is 1. The molecule has 5 heteroatoms. The fraction of sp³-hybridized carbons (Fsp3) is 0.444. The van der Waals surface area contributed by atoms with Crippen molar-refractivity contribution < 1.29 is 24.2 Å².